The lowest BCUT2D eigenvalue weighted by molar-refractivity contribution is 0.0368. The number of methoxy groups -OCH3 is 2. The summed E-state index contributed by atoms with van der Waals surface area (Å²) in [5.41, 5.74) is 3.19. The lowest BCUT2D eigenvalue weighted by atomic mass is 10.2. The number of nitrogens with one attached hydrogen (secondary N) is 1. The van der Waals surface area contributed by atoms with Crippen molar-refractivity contribution >= 4 is 23.0 Å². The van der Waals surface area contributed by atoms with Crippen LogP contribution in [0.1, 0.15) is 17.5 Å². The molecular weight excluding hydrogens is 410 g/mol. The molecule has 0 unspecified atom stereocenters. The molecule has 0 aliphatic carbocycles. The summed E-state index contributed by atoms with van der Waals surface area (Å²) in [4.78, 5) is 4.67. The van der Waals surface area contributed by atoms with Crippen LogP contribution in [0, 0.1) is 6.92 Å². The van der Waals surface area contributed by atoms with Crippen LogP contribution in [0.15, 0.2) is 42.5 Å². The number of rotatable bonds is 9. The van der Waals surface area contributed by atoms with Gasteiger partial charge in [0.05, 0.1) is 27.4 Å². The Morgan fingerprint density at radius 1 is 1.13 bits per heavy atom. The van der Waals surface area contributed by atoms with E-state index in [1.165, 1.54) is 0 Å². The number of anilines is 1. The number of benzene rings is 2. The van der Waals surface area contributed by atoms with E-state index in [1.54, 1.807) is 14.2 Å². The van der Waals surface area contributed by atoms with E-state index in [2.05, 4.69) is 27.2 Å². The molecule has 2 aromatic carbocycles. The van der Waals surface area contributed by atoms with Crippen molar-refractivity contribution in [3.05, 3.63) is 53.6 Å². The molecular formula is C24H33N3O3S. The first-order chi connectivity index (χ1) is 15.1. The van der Waals surface area contributed by atoms with E-state index in [4.69, 9.17) is 26.4 Å². The number of thiocarbonyl (C=S) groups is 1. The Bertz CT molecular complexity index is 856. The predicted octanol–water partition coefficient (Wildman–Crippen LogP) is 3.93. The van der Waals surface area contributed by atoms with Gasteiger partial charge in [0.25, 0.3) is 0 Å². The fraction of sp³-hybridized carbons (Fsp3) is 0.458. The van der Waals surface area contributed by atoms with Crippen LogP contribution in [0.5, 0.6) is 11.5 Å². The molecule has 1 heterocycles. The van der Waals surface area contributed by atoms with E-state index in [1.807, 2.05) is 37.3 Å². The van der Waals surface area contributed by atoms with Gasteiger partial charge < -0.3 is 24.4 Å². The average Bonchev–Trinajstić information content (AvgIpc) is 2.80. The normalized spacial score (nSPS) is 14.2. The quantitative estimate of drug-likeness (QED) is 0.589. The molecule has 0 atom stereocenters. The molecule has 1 saturated heterocycles. The lowest BCUT2D eigenvalue weighted by Gasteiger charge is -2.30. The minimum Gasteiger partial charge on any atom is -0.497 e. The van der Waals surface area contributed by atoms with Crippen LogP contribution in [0.3, 0.4) is 0 Å². The van der Waals surface area contributed by atoms with E-state index in [-0.39, 0.29) is 0 Å². The SMILES string of the molecule is COc1cccc(CN(CCCN2CCOCC2)C(=S)Nc2ccc(C)c(OC)c2)c1. The van der Waals surface area contributed by atoms with Crippen LogP contribution >= 0.6 is 12.2 Å². The fourth-order valence-electron chi connectivity index (χ4n) is 3.65. The zero-order valence-electron chi connectivity index (χ0n) is 18.7. The van der Waals surface area contributed by atoms with Gasteiger partial charge in [-0.05, 0) is 54.9 Å². The summed E-state index contributed by atoms with van der Waals surface area (Å²) in [5.74, 6) is 1.70. The Labute approximate surface area is 191 Å². The second kappa shape index (κ2) is 11.9. The van der Waals surface area contributed by atoms with E-state index < -0.39 is 0 Å². The largest absolute Gasteiger partial charge is 0.497 e. The maximum atomic E-state index is 5.81. The van der Waals surface area contributed by atoms with Crippen molar-refractivity contribution in [2.45, 2.75) is 19.9 Å². The molecule has 0 spiro atoms. The molecule has 7 heteroatoms. The third-order valence-electron chi connectivity index (χ3n) is 5.46. The summed E-state index contributed by atoms with van der Waals surface area (Å²) >= 11 is 5.81. The number of ether oxygens (including phenoxy) is 3. The molecule has 3 rings (SSSR count). The summed E-state index contributed by atoms with van der Waals surface area (Å²) < 4.78 is 16.3. The Hall–Kier alpha value is -2.35. The first-order valence-electron chi connectivity index (χ1n) is 10.7. The number of hydrogen-bond donors (Lipinski definition) is 1. The first-order valence-corrected chi connectivity index (χ1v) is 11.1. The maximum absolute atomic E-state index is 5.81. The molecule has 6 nitrogen and oxygen atoms in total. The third kappa shape index (κ3) is 7.09. The smallest absolute Gasteiger partial charge is 0.173 e. The monoisotopic (exact) mass is 443 g/mol. The third-order valence-corrected chi connectivity index (χ3v) is 5.82. The zero-order valence-corrected chi connectivity index (χ0v) is 19.5. The van der Waals surface area contributed by atoms with Gasteiger partial charge in [-0.3, -0.25) is 4.90 Å². The van der Waals surface area contributed by atoms with Crippen LogP contribution in [-0.4, -0.2) is 68.5 Å². The Kier molecular flexibility index (Phi) is 8.94. The predicted molar refractivity (Wildman–Crippen MR) is 129 cm³/mol. The van der Waals surface area contributed by atoms with Gasteiger partial charge in [-0.15, -0.1) is 0 Å². The van der Waals surface area contributed by atoms with Gasteiger partial charge in [0, 0.05) is 44.5 Å². The van der Waals surface area contributed by atoms with Gasteiger partial charge in [0.2, 0.25) is 0 Å². The van der Waals surface area contributed by atoms with Crippen molar-refractivity contribution in [2.24, 2.45) is 0 Å². The van der Waals surface area contributed by atoms with Gasteiger partial charge >= 0.3 is 0 Å². The summed E-state index contributed by atoms with van der Waals surface area (Å²) in [5, 5.41) is 4.10. The minimum atomic E-state index is 0.704. The Balaban J connectivity index is 1.67. The van der Waals surface area contributed by atoms with Crippen LogP contribution in [0.2, 0.25) is 0 Å². The molecule has 2 aromatic rings. The molecule has 31 heavy (non-hydrogen) atoms. The highest BCUT2D eigenvalue weighted by Crippen LogP contribution is 2.23. The molecule has 1 fully saturated rings. The van der Waals surface area contributed by atoms with Gasteiger partial charge in [-0.2, -0.15) is 0 Å². The zero-order chi connectivity index (χ0) is 22.1. The highest BCUT2D eigenvalue weighted by Gasteiger charge is 2.15. The Morgan fingerprint density at radius 2 is 1.94 bits per heavy atom. The highest BCUT2D eigenvalue weighted by molar-refractivity contribution is 7.80. The summed E-state index contributed by atoms with van der Waals surface area (Å²) in [6, 6.07) is 14.2. The van der Waals surface area contributed by atoms with Crippen LogP contribution in [-0.2, 0) is 11.3 Å². The number of morpholine rings is 1. The van der Waals surface area contributed by atoms with Crippen molar-refractivity contribution < 1.29 is 14.2 Å². The van der Waals surface area contributed by atoms with Gasteiger partial charge in [-0.1, -0.05) is 18.2 Å². The highest BCUT2D eigenvalue weighted by atomic mass is 32.1. The van der Waals surface area contributed by atoms with Gasteiger partial charge in [0.1, 0.15) is 11.5 Å². The molecule has 0 bridgehead atoms. The van der Waals surface area contributed by atoms with Crippen molar-refractivity contribution in [3.8, 4) is 11.5 Å². The lowest BCUT2D eigenvalue weighted by Crippen LogP contribution is -2.40. The number of hydrogen-bond acceptors (Lipinski definition) is 5. The van der Waals surface area contributed by atoms with Crippen LogP contribution < -0.4 is 14.8 Å². The topological polar surface area (TPSA) is 46.2 Å². The molecule has 0 aromatic heterocycles. The van der Waals surface area contributed by atoms with Crippen LogP contribution in [0.25, 0.3) is 0 Å². The molecule has 0 radical (unpaired) electrons. The molecule has 168 valence electrons. The minimum absolute atomic E-state index is 0.704. The molecule has 0 saturated carbocycles. The first kappa shape index (κ1) is 23.3. The summed E-state index contributed by atoms with van der Waals surface area (Å²) in [7, 11) is 3.38. The summed E-state index contributed by atoms with van der Waals surface area (Å²) in [6.07, 6.45) is 1.03. The standard InChI is InChI=1S/C24H33N3O3S/c1-19-8-9-21(17-23(19)29-3)25-24(31)27(11-5-10-26-12-14-30-15-13-26)18-20-6-4-7-22(16-20)28-2/h4,6-9,16-17H,5,10-15,18H2,1-3H3,(H,25,31). The van der Waals surface area contributed by atoms with E-state index in [0.29, 0.717) is 5.11 Å². The number of nitrogens with zero attached hydrogens (tertiary/aromatic N) is 2. The second-order valence-corrected chi connectivity index (χ2v) is 8.08. The van der Waals surface area contributed by atoms with Crippen molar-refractivity contribution in [2.75, 3.05) is 58.9 Å². The average molecular weight is 444 g/mol. The maximum Gasteiger partial charge on any atom is 0.173 e. The molecule has 1 aliphatic rings. The molecule has 0 amide bonds. The fourth-order valence-corrected chi connectivity index (χ4v) is 3.93. The van der Waals surface area contributed by atoms with E-state index >= 15 is 0 Å². The molecule has 1 aliphatic heterocycles. The van der Waals surface area contributed by atoms with Crippen molar-refractivity contribution in [3.63, 3.8) is 0 Å². The molecule has 1 N–H and O–H groups in total. The second-order valence-electron chi connectivity index (χ2n) is 7.70. The number of aryl methyl sites for hydroxylation is 1. The summed E-state index contributed by atoms with van der Waals surface area (Å²) in [6.45, 7) is 8.30. The Morgan fingerprint density at radius 3 is 2.68 bits per heavy atom. The van der Waals surface area contributed by atoms with Gasteiger partial charge in [-0.25, -0.2) is 0 Å². The van der Waals surface area contributed by atoms with Crippen LogP contribution in [0.4, 0.5) is 5.69 Å². The van der Waals surface area contributed by atoms with E-state index in [0.717, 1.165) is 80.7 Å². The van der Waals surface area contributed by atoms with Gasteiger partial charge in [0.15, 0.2) is 5.11 Å². The van der Waals surface area contributed by atoms with Crippen molar-refractivity contribution in [1.82, 2.24) is 9.80 Å². The van der Waals surface area contributed by atoms with E-state index in [9.17, 15) is 0 Å². The van der Waals surface area contributed by atoms with Crippen molar-refractivity contribution in [1.29, 1.82) is 0 Å².